The Hall–Kier alpha value is -1.32. The van der Waals surface area contributed by atoms with E-state index in [0.29, 0.717) is 12.1 Å². The molecule has 0 unspecified atom stereocenters. The van der Waals surface area contributed by atoms with Crippen LogP contribution in [-0.2, 0) is 19.5 Å². The molecule has 0 saturated carbocycles. The molecule has 84 valence electrons. The van der Waals surface area contributed by atoms with E-state index >= 15 is 0 Å². The second kappa shape index (κ2) is 3.92. The third-order valence-corrected chi connectivity index (χ3v) is 3.09. The summed E-state index contributed by atoms with van der Waals surface area (Å²) in [4.78, 5) is 12.0. The molecule has 2 aromatic rings. The minimum absolute atomic E-state index is 0. The Labute approximate surface area is 99.3 Å². The van der Waals surface area contributed by atoms with Gasteiger partial charge >= 0.3 is 0 Å². The van der Waals surface area contributed by atoms with Crippen molar-refractivity contribution in [2.24, 2.45) is 5.73 Å². The maximum absolute atomic E-state index is 12.0. The van der Waals surface area contributed by atoms with Crippen LogP contribution >= 0.6 is 12.4 Å². The van der Waals surface area contributed by atoms with Gasteiger partial charge in [0.2, 0.25) is 0 Å². The van der Waals surface area contributed by atoms with Gasteiger partial charge in [-0.2, -0.15) is 0 Å². The predicted molar refractivity (Wildman–Crippen MR) is 67.1 cm³/mol. The van der Waals surface area contributed by atoms with Gasteiger partial charge in [0.25, 0.3) is 5.56 Å². The molecule has 4 heteroatoms. The Morgan fingerprint density at radius 1 is 1.38 bits per heavy atom. The number of para-hydroxylation sites is 1. The van der Waals surface area contributed by atoms with E-state index in [-0.39, 0.29) is 18.0 Å². The number of benzene rings is 1. The lowest BCUT2D eigenvalue weighted by atomic mass is 10.1. The van der Waals surface area contributed by atoms with E-state index in [2.05, 4.69) is 6.07 Å². The van der Waals surface area contributed by atoms with Crippen LogP contribution in [0.1, 0.15) is 11.1 Å². The topological polar surface area (TPSA) is 48.0 Å². The zero-order chi connectivity index (χ0) is 10.4. The van der Waals surface area contributed by atoms with Crippen molar-refractivity contribution in [3.63, 3.8) is 0 Å². The van der Waals surface area contributed by atoms with Gasteiger partial charge in [0.05, 0.1) is 5.52 Å². The summed E-state index contributed by atoms with van der Waals surface area (Å²) in [7, 11) is 0. The zero-order valence-corrected chi connectivity index (χ0v) is 9.59. The normalized spacial score (nSPS) is 12.8. The van der Waals surface area contributed by atoms with Crippen molar-refractivity contribution in [2.75, 3.05) is 0 Å². The predicted octanol–water partition coefficient (Wildman–Crippen LogP) is 1.44. The zero-order valence-electron chi connectivity index (χ0n) is 8.77. The minimum atomic E-state index is 0. The summed E-state index contributed by atoms with van der Waals surface area (Å²) in [6.45, 7) is 1.11. The van der Waals surface area contributed by atoms with Gasteiger partial charge in [-0.05, 0) is 23.4 Å². The fourth-order valence-corrected chi connectivity index (χ4v) is 2.37. The number of pyridine rings is 1. The fraction of sp³-hybridized carbons (Fsp3) is 0.250. The quantitative estimate of drug-likeness (QED) is 0.815. The number of hydrogen-bond donors (Lipinski definition) is 1. The molecule has 0 spiro atoms. The smallest absolute Gasteiger partial charge is 0.255 e. The molecule has 1 aliphatic rings. The summed E-state index contributed by atoms with van der Waals surface area (Å²) in [6.07, 6.45) is 0.959. The molecule has 1 aliphatic heterocycles. The SMILES string of the molecule is Cl.NCc1cc2cccc3c2n(c1=O)CC3. The van der Waals surface area contributed by atoms with E-state index in [1.165, 1.54) is 5.56 Å². The molecule has 0 bridgehead atoms. The van der Waals surface area contributed by atoms with Crippen molar-refractivity contribution < 1.29 is 0 Å². The first-order valence-electron chi connectivity index (χ1n) is 5.15. The minimum Gasteiger partial charge on any atom is -0.326 e. The highest BCUT2D eigenvalue weighted by molar-refractivity contribution is 5.85. The number of nitrogens with zero attached hydrogens (tertiary/aromatic N) is 1. The van der Waals surface area contributed by atoms with E-state index in [9.17, 15) is 4.79 Å². The molecule has 2 heterocycles. The fourth-order valence-electron chi connectivity index (χ4n) is 2.37. The molecule has 16 heavy (non-hydrogen) atoms. The van der Waals surface area contributed by atoms with Gasteiger partial charge < -0.3 is 10.3 Å². The van der Waals surface area contributed by atoms with Crippen molar-refractivity contribution in [3.05, 3.63) is 45.7 Å². The average Bonchev–Trinajstić information content (AvgIpc) is 2.69. The number of nitrogens with two attached hydrogens (primary N) is 1. The number of hydrogen-bond acceptors (Lipinski definition) is 2. The van der Waals surface area contributed by atoms with Gasteiger partial charge in [0.1, 0.15) is 0 Å². The molecule has 0 saturated heterocycles. The second-order valence-corrected chi connectivity index (χ2v) is 3.94. The van der Waals surface area contributed by atoms with Crippen LogP contribution in [0.4, 0.5) is 0 Å². The van der Waals surface area contributed by atoms with E-state index in [1.54, 1.807) is 0 Å². The Balaban J connectivity index is 0.000000963. The molecule has 1 aromatic carbocycles. The summed E-state index contributed by atoms with van der Waals surface area (Å²) < 4.78 is 1.85. The Bertz CT molecular complexity index is 604. The summed E-state index contributed by atoms with van der Waals surface area (Å²) in [5.74, 6) is 0. The van der Waals surface area contributed by atoms with Crippen LogP contribution in [0.25, 0.3) is 10.9 Å². The molecule has 1 aromatic heterocycles. The Kier molecular flexibility index (Phi) is 2.74. The number of aryl methyl sites for hydroxylation is 2. The molecule has 0 fully saturated rings. The van der Waals surface area contributed by atoms with Crippen LogP contribution in [0.15, 0.2) is 29.1 Å². The first-order valence-corrected chi connectivity index (χ1v) is 5.15. The first-order chi connectivity index (χ1) is 7.31. The first kappa shape index (κ1) is 11.2. The van der Waals surface area contributed by atoms with Gasteiger partial charge in [-0.1, -0.05) is 18.2 Å². The summed E-state index contributed by atoms with van der Waals surface area (Å²) in [6, 6.07) is 8.09. The van der Waals surface area contributed by atoms with Crippen molar-refractivity contribution in [3.8, 4) is 0 Å². The molecule has 0 radical (unpaired) electrons. The van der Waals surface area contributed by atoms with Crippen molar-refractivity contribution in [2.45, 2.75) is 19.5 Å². The van der Waals surface area contributed by atoms with Crippen molar-refractivity contribution in [1.82, 2.24) is 4.57 Å². The maximum Gasteiger partial charge on any atom is 0.255 e. The van der Waals surface area contributed by atoms with Crippen LogP contribution in [0.3, 0.4) is 0 Å². The highest BCUT2D eigenvalue weighted by Crippen LogP contribution is 2.24. The second-order valence-electron chi connectivity index (χ2n) is 3.94. The molecular formula is C12H13ClN2O. The molecule has 0 atom stereocenters. The highest BCUT2D eigenvalue weighted by atomic mass is 35.5. The monoisotopic (exact) mass is 236 g/mol. The number of rotatable bonds is 1. The van der Waals surface area contributed by atoms with Crippen LogP contribution in [0.2, 0.25) is 0 Å². The number of aromatic nitrogens is 1. The van der Waals surface area contributed by atoms with E-state index < -0.39 is 0 Å². The standard InChI is InChI=1S/C12H12N2O.ClH/c13-7-10-6-9-3-1-2-8-4-5-14(11(8)9)12(10)15;/h1-3,6H,4-5,7,13H2;1H. The van der Waals surface area contributed by atoms with Crippen LogP contribution in [-0.4, -0.2) is 4.57 Å². The highest BCUT2D eigenvalue weighted by Gasteiger charge is 2.16. The number of halogens is 1. The molecule has 3 rings (SSSR count). The van der Waals surface area contributed by atoms with E-state index in [0.717, 1.165) is 23.9 Å². The lowest BCUT2D eigenvalue weighted by molar-refractivity contribution is 0.731. The van der Waals surface area contributed by atoms with Gasteiger partial charge in [-0.25, -0.2) is 0 Å². The van der Waals surface area contributed by atoms with Gasteiger partial charge in [0.15, 0.2) is 0 Å². The van der Waals surface area contributed by atoms with Crippen molar-refractivity contribution >= 4 is 23.3 Å². The Morgan fingerprint density at radius 2 is 2.19 bits per heavy atom. The third-order valence-electron chi connectivity index (χ3n) is 3.09. The summed E-state index contributed by atoms with van der Waals surface area (Å²) in [5.41, 5.74) is 8.73. The lowest BCUT2D eigenvalue weighted by Crippen LogP contribution is -2.23. The molecular weight excluding hydrogens is 224 g/mol. The largest absolute Gasteiger partial charge is 0.326 e. The lowest BCUT2D eigenvalue weighted by Gasteiger charge is -2.06. The molecule has 0 amide bonds. The molecule has 0 aliphatic carbocycles. The van der Waals surface area contributed by atoms with Crippen molar-refractivity contribution in [1.29, 1.82) is 0 Å². The summed E-state index contributed by atoms with van der Waals surface area (Å²) >= 11 is 0. The molecule has 2 N–H and O–H groups in total. The van der Waals surface area contributed by atoms with Crippen LogP contribution in [0, 0.1) is 0 Å². The van der Waals surface area contributed by atoms with Crippen LogP contribution in [0.5, 0.6) is 0 Å². The van der Waals surface area contributed by atoms with E-state index in [4.69, 9.17) is 5.73 Å². The molecule has 3 nitrogen and oxygen atoms in total. The van der Waals surface area contributed by atoms with E-state index in [1.807, 2.05) is 22.8 Å². The van der Waals surface area contributed by atoms with Crippen LogP contribution < -0.4 is 11.3 Å². The summed E-state index contributed by atoms with van der Waals surface area (Å²) in [5, 5.41) is 1.13. The van der Waals surface area contributed by atoms with Gasteiger partial charge in [0, 0.05) is 18.7 Å². The van der Waals surface area contributed by atoms with Gasteiger partial charge in [-0.3, -0.25) is 4.79 Å². The Morgan fingerprint density at radius 3 is 2.94 bits per heavy atom. The van der Waals surface area contributed by atoms with Gasteiger partial charge in [-0.15, -0.1) is 12.4 Å². The third kappa shape index (κ3) is 1.36. The maximum atomic E-state index is 12.0. The average molecular weight is 237 g/mol.